The predicted molar refractivity (Wildman–Crippen MR) is 64.4 cm³/mol. The SMILES string of the molecule is CCOC(=O)CN(C)CCOCCC(C)C. The van der Waals surface area contributed by atoms with Crippen molar-refractivity contribution in [3.05, 3.63) is 0 Å². The predicted octanol–water partition coefficient (Wildman–Crippen LogP) is 1.54. The third-order valence-corrected chi connectivity index (χ3v) is 2.16. The number of hydrogen-bond donors (Lipinski definition) is 0. The van der Waals surface area contributed by atoms with Crippen LogP contribution >= 0.6 is 0 Å². The quantitative estimate of drug-likeness (QED) is 0.446. The summed E-state index contributed by atoms with van der Waals surface area (Å²) in [5.74, 6) is 0.504. The van der Waals surface area contributed by atoms with Crippen LogP contribution in [0.5, 0.6) is 0 Å². The van der Waals surface area contributed by atoms with E-state index < -0.39 is 0 Å². The van der Waals surface area contributed by atoms with E-state index in [1.54, 1.807) is 0 Å². The molecule has 0 aromatic carbocycles. The summed E-state index contributed by atoms with van der Waals surface area (Å²) in [6.45, 7) is 9.17. The van der Waals surface area contributed by atoms with Crippen LogP contribution in [0, 0.1) is 5.92 Å². The fraction of sp³-hybridized carbons (Fsp3) is 0.917. The second kappa shape index (κ2) is 9.60. The molecule has 0 radical (unpaired) electrons. The van der Waals surface area contributed by atoms with Gasteiger partial charge in [-0.2, -0.15) is 0 Å². The minimum Gasteiger partial charge on any atom is -0.465 e. The molecule has 0 unspecified atom stereocenters. The van der Waals surface area contributed by atoms with Crippen LogP contribution < -0.4 is 0 Å². The van der Waals surface area contributed by atoms with Gasteiger partial charge in [-0.05, 0) is 26.3 Å². The van der Waals surface area contributed by atoms with Gasteiger partial charge >= 0.3 is 5.97 Å². The second-order valence-electron chi connectivity index (χ2n) is 4.34. The van der Waals surface area contributed by atoms with Gasteiger partial charge < -0.3 is 9.47 Å². The monoisotopic (exact) mass is 231 g/mol. The highest BCUT2D eigenvalue weighted by Crippen LogP contribution is 1.98. The van der Waals surface area contributed by atoms with Gasteiger partial charge in [0.05, 0.1) is 19.8 Å². The summed E-state index contributed by atoms with van der Waals surface area (Å²) < 4.78 is 10.3. The zero-order chi connectivity index (χ0) is 12.4. The van der Waals surface area contributed by atoms with Crippen LogP contribution in [0.3, 0.4) is 0 Å². The Morgan fingerprint density at radius 1 is 1.31 bits per heavy atom. The average Bonchev–Trinajstić information content (AvgIpc) is 2.16. The fourth-order valence-electron chi connectivity index (χ4n) is 1.15. The van der Waals surface area contributed by atoms with Gasteiger partial charge in [0.2, 0.25) is 0 Å². The van der Waals surface area contributed by atoms with Gasteiger partial charge in [-0.3, -0.25) is 9.69 Å². The molecule has 0 N–H and O–H groups in total. The van der Waals surface area contributed by atoms with Gasteiger partial charge in [0.25, 0.3) is 0 Å². The summed E-state index contributed by atoms with van der Waals surface area (Å²) >= 11 is 0. The Kier molecular flexibility index (Phi) is 9.24. The van der Waals surface area contributed by atoms with Crippen LogP contribution in [-0.4, -0.2) is 50.8 Å². The Balaban J connectivity index is 3.36. The first-order valence-electron chi connectivity index (χ1n) is 5.98. The number of rotatable bonds is 9. The molecule has 0 aliphatic rings. The third kappa shape index (κ3) is 9.93. The molecule has 16 heavy (non-hydrogen) atoms. The van der Waals surface area contributed by atoms with Crippen molar-refractivity contribution in [1.29, 1.82) is 0 Å². The highest BCUT2D eigenvalue weighted by atomic mass is 16.5. The molecule has 0 atom stereocenters. The van der Waals surface area contributed by atoms with E-state index in [0.717, 1.165) is 19.6 Å². The van der Waals surface area contributed by atoms with Crippen molar-refractivity contribution in [1.82, 2.24) is 4.90 Å². The molecule has 0 aromatic heterocycles. The van der Waals surface area contributed by atoms with Crippen LogP contribution in [0.25, 0.3) is 0 Å². The Bertz CT molecular complexity index is 183. The Morgan fingerprint density at radius 2 is 2.00 bits per heavy atom. The molecule has 0 heterocycles. The number of carbonyl (C=O) groups excluding carboxylic acids is 1. The van der Waals surface area contributed by atoms with Gasteiger partial charge in [0.1, 0.15) is 0 Å². The summed E-state index contributed by atoms with van der Waals surface area (Å²) in [6, 6.07) is 0. The van der Waals surface area contributed by atoms with Crippen molar-refractivity contribution in [2.75, 3.05) is 40.0 Å². The van der Waals surface area contributed by atoms with Crippen LogP contribution in [0.15, 0.2) is 0 Å². The summed E-state index contributed by atoms with van der Waals surface area (Å²) in [6.07, 6.45) is 1.08. The van der Waals surface area contributed by atoms with E-state index in [-0.39, 0.29) is 5.97 Å². The zero-order valence-electron chi connectivity index (χ0n) is 11.0. The topological polar surface area (TPSA) is 38.8 Å². The molecule has 0 saturated carbocycles. The zero-order valence-corrected chi connectivity index (χ0v) is 11.0. The third-order valence-electron chi connectivity index (χ3n) is 2.16. The maximum Gasteiger partial charge on any atom is 0.320 e. The molecule has 0 fully saturated rings. The fourth-order valence-corrected chi connectivity index (χ4v) is 1.15. The second-order valence-corrected chi connectivity index (χ2v) is 4.34. The molecule has 0 bridgehead atoms. The molecule has 0 aromatic rings. The summed E-state index contributed by atoms with van der Waals surface area (Å²) in [5, 5.41) is 0. The van der Waals surface area contributed by atoms with Crippen molar-refractivity contribution in [2.45, 2.75) is 27.2 Å². The molecular weight excluding hydrogens is 206 g/mol. The molecule has 0 saturated heterocycles. The Morgan fingerprint density at radius 3 is 2.56 bits per heavy atom. The average molecular weight is 231 g/mol. The maximum atomic E-state index is 11.1. The van der Waals surface area contributed by atoms with Crippen molar-refractivity contribution in [2.24, 2.45) is 5.92 Å². The van der Waals surface area contributed by atoms with Gasteiger partial charge in [-0.15, -0.1) is 0 Å². The lowest BCUT2D eigenvalue weighted by Gasteiger charge is -2.15. The molecule has 4 heteroatoms. The minimum absolute atomic E-state index is 0.174. The van der Waals surface area contributed by atoms with Crippen LogP contribution in [0.2, 0.25) is 0 Å². The van der Waals surface area contributed by atoms with Crippen LogP contribution in [0.1, 0.15) is 27.2 Å². The van der Waals surface area contributed by atoms with E-state index in [1.807, 2.05) is 18.9 Å². The summed E-state index contributed by atoms with van der Waals surface area (Å²) in [4.78, 5) is 13.0. The van der Waals surface area contributed by atoms with E-state index in [4.69, 9.17) is 9.47 Å². The van der Waals surface area contributed by atoms with Crippen LogP contribution in [0.4, 0.5) is 0 Å². The smallest absolute Gasteiger partial charge is 0.320 e. The largest absolute Gasteiger partial charge is 0.465 e. The van der Waals surface area contributed by atoms with E-state index >= 15 is 0 Å². The number of esters is 1. The number of nitrogens with zero attached hydrogens (tertiary/aromatic N) is 1. The van der Waals surface area contributed by atoms with E-state index in [0.29, 0.717) is 25.7 Å². The van der Waals surface area contributed by atoms with Crippen LogP contribution in [-0.2, 0) is 14.3 Å². The molecular formula is C12H25NO3. The molecule has 96 valence electrons. The normalized spacial score (nSPS) is 11.1. The Labute approximate surface area is 98.9 Å². The first kappa shape index (κ1) is 15.4. The van der Waals surface area contributed by atoms with Crippen molar-refractivity contribution in [3.63, 3.8) is 0 Å². The summed E-state index contributed by atoms with van der Waals surface area (Å²) in [7, 11) is 1.89. The minimum atomic E-state index is -0.174. The summed E-state index contributed by atoms with van der Waals surface area (Å²) in [5.41, 5.74) is 0. The standard InChI is InChI=1S/C12H25NO3/c1-5-16-12(14)10-13(4)7-9-15-8-6-11(2)3/h11H,5-10H2,1-4H3. The highest BCUT2D eigenvalue weighted by molar-refractivity contribution is 5.71. The van der Waals surface area contributed by atoms with Gasteiger partial charge in [0.15, 0.2) is 0 Å². The molecule has 0 rings (SSSR count). The van der Waals surface area contributed by atoms with E-state index in [9.17, 15) is 4.79 Å². The number of likely N-dealkylation sites (N-methyl/N-ethyl adjacent to an activating group) is 1. The van der Waals surface area contributed by atoms with Crippen molar-refractivity contribution >= 4 is 5.97 Å². The lowest BCUT2D eigenvalue weighted by molar-refractivity contribution is -0.144. The number of ether oxygens (including phenoxy) is 2. The lowest BCUT2D eigenvalue weighted by Crippen LogP contribution is -2.30. The molecule has 0 amide bonds. The maximum absolute atomic E-state index is 11.1. The van der Waals surface area contributed by atoms with E-state index in [1.165, 1.54) is 0 Å². The molecule has 0 aliphatic heterocycles. The van der Waals surface area contributed by atoms with Gasteiger partial charge in [0, 0.05) is 13.2 Å². The molecule has 4 nitrogen and oxygen atoms in total. The van der Waals surface area contributed by atoms with Gasteiger partial charge in [-0.1, -0.05) is 13.8 Å². The van der Waals surface area contributed by atoms with E-state index in [2.05, 4.69) is 13.8 Å². The van der Waals surface area contributed by atoms with Crippen molar-refractivity contribution < 1.29 is 14.3 Å². The lowest BCUT2D eigenvalue weighted by atomic mass is 10.1. The van der Waals surface area contributed by atoms with Crippen molar-refractivity contribution in [3.8, 4) is 0 Å². The first-order chi connectivity index (χ1) is 7.56. The first-order valence-corrected chi connectivity index (χ1v) is 5.98. The Hall–Kier alpha value is -0.610. The molecule has 0 aliphatic carbocycles. The number of hydrogen-bond acceptors (Lipinski definition) is 4. The van der Waals surface area contributed by atoms with Gasteiger partial charge in [-0.25, -0.2) is 0 Å². The number of carbonyl (C=O) groups is 1. The highest BCUT2D eigenvalue weighted by Gasteiger charge is 2.06. The molecule has 0 spiro atoms.